The van der Waals surface area contributed by atoms with Crippen molar-refractivity contribution in [3.8, 4) is 28.4 Å². The highest BCUT2D eigenvalue weighted by Crippen LogP contribution is 2.45. The summed E-state index contributed by atoms with van der Waals surface area (Å²) in [5.74, 6) is 0.580. The molecule has 43 heavy (non-hydrogen) atoms. The van der Waals surface area contributed by atoms with Crippen LogP contribution in [-0.4, -0.2) is 55.9 Å². The van der Waals surface area contributed by atoms with Gasteiger partial charge in [-0.2, -0.15) is 0 Å². The van der Waals surface area contributed by atoms with Gasteiger partial charge in [0.25, 0.3) is 0 Å². The van der Waals surface area contributed by atoms with Gasteiger partial charge in [-0.05, 0) is 91.6 Å². The van der Waals surface area contributed by atoms with E-state index in [1.54, 1.807) is 12.1 Å². The maximum Gasteiger partial charge on any atom is 0.304 e. The average Bonchev–Trinajstić information content (AvgIpc) is 3.54. The van der Waals surface area contributed by atoms with Gasteiger partial charge in [-0.3, -0.25) is 4.79 Å². The van der Waals surface area contributed by atoms with Crippen molar-refractivity contribution in [1.29, 1.82) is 0 Å². The minimum absolute atomic E-state index is 0.00777. The number of hydrogen-bond donors (Lipinski definition) is 1. The molecule has 0 radical (unpaired) electrons. The Balaban J connectivity index is 1.21. The molecular formula is C33H36FNO7S. The number of carbonyl (C=O) groups is 1. The van der Waals surface area contributed by atoms with Crippen LogP contribution in [0.4, 0.5) is 4.39 Å². The number of carboxylic acids is 1. The standard InChI is InChI=1S/C33H36FNO7S/c1-19-14-24(41-22-10-12-35(13-11-22)43(3,38)39)15-20(2)32(19)26-6-8-28(34)33-27(26)7-9-29(33)42-23-4-5-25-21(16-31(36)37)18-40-30(25)17-23/h4-6,8,14-15,17,21-22,29H,7,9-13,16,18H2,1-3H3,(H,36,37)/t21?,29-/m1/s1. The van der Waals surface area contributed by atoms with Crippen molar-refractivity contribution in [2.45, 2.75) is 64.1 Å². The number of hydrogen-bond acceptors (Lipinski definition) is 6. The Bertz CT molecular complexity index is 1660. The molecule has 228 valence electrons. The molecule has 1 unspecified atom stereocenters. The molecule has 0 aromatic heterocycles. The Labute approximate surface area is 251 Å². The summed E-state index contributed by atoms with van der Waals surface area (Å²) in [5.41, 5.74) is 6.44. The number of halogens is 1. The number of piperidine rings is 1. The van der Waals surface area contributed by atoms with Crippen molar-refractivity contribution in [3.63, 3.8) is 0 Å². The number of carboxylic acid groups (broad SMARTS) is 1. The van der Waals surface area contributed by atoms with Gasteiger partial charge in [0.15, 0.2) is 0 Å². The lowest BCUT2D eigenvalue weighted by molar-refractivity contribution is -0.137. The lowest BCUT2D eigenvalue weighted by Gasteiger charge is -2.30. The van der Waals surface area contributed by atoms with Gasteiger partial charge in [0.1, 0.15) is 35.3 Å². The zero-order valence-corrected chi connectivity index (χ0v) is 25.4. The molecule has 10 heteroatoms. The predicted molar refractivity (Wildman–Crippen MR) is 160 cm³/mol. The van der Waals surface area contributed by atoms with Crippen LogP contribution in [0.5, 0.6) is 17.2 Å². The third kappa shape index (κ3) is 5.95. The summed E-state index contributed by atoms with van der Waals surface area (Å²) in [6, 6.07) is 12.8. The van der Waals surface area contributed by atoms with Gasteiger partial charge in [-0.1, -0.05) is 12.1 Å². The molecule has 3 aromatic rings. The van der Waals surface area contributed by atoms with Crippen LogP contribution < -0.4 is 14.2 Å². The highest BCUT2D eigenvalue weighted by atomic mass is 32.2. The van der Waals surface area contributed by atoms with Crippen LogP contribution >= 0.6 is 0 Å². The summed E-state index contributed by atoms with van der Waals surface area (Å²) in [4.78, 5) is 11.2. The van der Waals surface area contributed by atoms with Crippen LogP contribution in [0.2, 0.25) is 0 Å². The van der Waals surface area contributed by atoms with E-state index in [9.17, 15) is 18.3 Å². The highest BCUT2D eigenvalue weighted by molar-refractivity contribution is 7.88. The summed E-state index contributed by atoms with van der Waals surface area (Å²) >= 11 is 0. The number of nitrogens with zero attached hydrogens (tertiary/aromatic N) is 1. The second kappa shape index (κ2) is 11.5. The Hall–Kier alpha value is -3.63. The Morgan fingerprint density at radius 3 is 2.42 bits per heavy atom. The molecule has 1 N–H and O–H groups in total. The maximum absolute atomic E-state index is 15.3. The summed E-state index contributed by atoms with van der Waals surface area (Å²) in [6.45, 7) is 5.29. The van der Waals surface area contributed by atoms with Crippen molar-refractivity contribution in [2.24, 2.45) is 0 Å². The summed E-state index contributed by atoms with van der Waals surface area (Å²) < 4.78 is 58.8. The maximum atomic E-state index is 15.3. The molecule has 2 aliphatic heterocycles. The van der Waals surface area contributed by atoms with Gasteiger partial charge in [-0.15, -0.1) is 0 Å². The van der Waals surface area contributed by atoms with Crippen molar-refractivity contribution < 1.29 is 36.9 Å². The van der Waals surface area contributed by atoms with Crippen LogP contribution in [0.3, 0.4) is 0 Å². The molecule has 1 aliphatic carbocycles. The number of rotatable bonds is 8. The van der Waals surface area contributed by atoms with Crippen LogP contribution in [0, 0.1) is 19.7 Å². The fraction of sp³-hybridized carbons (Fsp3) is 0.424. The van der Waals surface area contributed by atoms with E-state index in [0.29, 0.717) is 62.4 Å². The monoisotopic (exact) mass is 609 g/mol. The summed E-state index contributed by atoms with van der Waals surface area (Å²) in [7, 11) is -3.19. The normalized spacial score (nSPS) is 20.4. The number of ether oxygens (including phenoxy) is 3. The second-order valence-corrected chi connectivity index (χ2v) is 13.8. The lowest BCUT2D eigenvalue weighted by Crippen LogP contribution is -2.41. The molecule has 2 heterocycles. The number of fused-ring (bicyclic) bond motifs is 2. The van der Waals surface area contributed by atoms with Crippen molar-refractivity contribution in [2.75, 3.05) is 26.0 Å². The second-order valence-electron chi connectivity index (χ2n) is 11.8. The predicted octanol–water partition coefficient (Wildman–Crippen LogP) is 5.93. The van der Waals surface area contributed by atoms with Gasteiger partial charge in [0.05, 0.1) is 19.3 Å². The van der Waals surface area contributed by atoms with E-state index >= 15 is 4.39 Å². The largest absolute Gasteiger partial charge is 0.492 e. The first-order chi connectivity index (χ1) is 20.5. The summed E-state index contributed by atoms with van der Waals surface area (Å²) in [5, 5.41) is 9.17. The molecular weight excluding hydrogens is 573 g/mol. The molecule has 1 saturated heterocycles. The van der Waals surface area contributed by atoms with E-state index in [1.807, 2.05) is 38.1 Å². The van der Waals surface area contributed by atoms with E-state index in [4.69, 9.17) is 14.2 Å². The number of aliphatic carboxylic acids is 1. The topological polar surface area (TPSA) is 102 Å². The molecule has 0 bridgehead atoms. The molecule has 1 fully saturated rings. The van der Waals surface area contributed by atoms with Gasteiger partial charge >= 0.3 is 5.97 Å². The van der Waals surface area contributed by atoms with Crippen LogP contribution in [0.15, 0.2) is 42.5 Å². The zero-order valence-electron chi connectivity index (χ0n) is 24.6. The number of sulfonamides is 1. The first-order valence-corrected chi connectivity index (χ1v) is 16.5. The Morgan fingerprint density at radius 2 is 1.74 bits per heavy atom. The van der Waals surface area contributed by atoms with Crippen LogP contribution in [-0.2, 0) is 21.2 Å². The molecule has 0 amide bonds. The van der Waals surface area contributed by atoms with Crippen LogP contribution in [0.25, 0.3) is 11.1 Å². The van der Waals surface area contributed by atoms with Gasteiger partial charge in [-0.25, -0.2) is 17.1 Å². The zero-order chi connectivity index (χ0) is 30.5. The van der Waals surface area contributed by atoms with Gasteiger partial charge in [0.2, 0.25) is 10.0 Å². The Kier molecular flexibility index (Phi) is 7.85. The van der Waals surface area contributed by atoms with Crippen molar-refractivity contribution in [1.82, 2.24) is 4.31 Å². The van der Waals surface area contributed by atoms with E-state index in [2.05, 4.69) is 0 Å². The molecule has 3 aromatic carbocycles. The SMILES string of the molecule is Cc1cc(OC2CCN(S(C)(=O)=O)CC2)cc(C)c1-c1ccc(F)c2c1CC[C@H]2Oc1ccc2c(c1)OCC2CC(=O)O. The average molecular weight is 610 g/mol. The van der Waals surface area contributed by atoms with E-state index in [-0.39, 0.29) is 24.3 Å². The van der Waals surface area contributed by atoms with E-state index in [1.165, 1.54) is 16.6 Å². The fourth-order valence-corrected chi connectivity index (χ4v) is 7.66. The number of aryl methyl sites for hydroxylation is 2. The lowest BCUT2D eigenvalue weighted by atomic mass is 9.90. The minimum atomic E-state index is -3.19. The van der Waals surface area contributed by atoms with Crippen molar-refractivity contribution >= 4 is 16.0 Å². The van der Waals surface area contributed by atoms with Crippen LogP contribution in [0.1, 0.15) is 65.5 Å². The molecule has 0 spiro atoms. The molecule has 0 saturated carbocycles. The first kappa shape index (κ1) is 29.4. The molecule has 3 aliphatic rings. The van der Waals surface area contributed by atoms with E-state index in [0.717, 1.165) is 39.1 Å². The summed E-state index contributed by atoms with van der Waals surface area (Å²) in [6.07, 6.45) is 3.32. The Morgan fingerprint density at radius 1 is 1.02 bits per heavy atom. The molecule has 8 nitrogen and oxygen atoms in total. The third-order valence-electron chi connectivity index (χ3n) is 8.79. The third-order valence-corrected chi connectivity index (χ3v) is 10.1. The number of benzene rings is 3. The molecule has 6 rings (SSSR count). The quantitative estimate of drug-likeness (QED) is 0.338. The van der Waals surface area contributed by atoms with Gasteiger partial charge in [0, 0.05) is 36.2 Å². The van der Waals surface area contributed by atoms with Crippen molar-refractivity contribution in [3.05, 3.63) is 76.1 Å². The minimum Gasteiger partial charge on any atom is -0.492 e. The highest BCUT2D eigenvalue weighted by Gasteiger charge is 2.33. The first-order valence-electron chi connectivity index (χ1n) is 14.7. The molecule has 2 atom stereocenters. The van der Waals surface area contributed by atoms with E-state index < -0.39 is 22.1 Å². The smallest absolute Gasteiger partial charge is 0.304 e. The fourth-order valence-electron chi connectivity index (χ4n) is 6.79. The van der Waals surface area contributed by atoms with Gasteiger partial charge < -0.3 is 19.3 Å².